The summed E-state index contributed by atoms with van der Waals surface area (Å²) in [5, 5.41) is 9.09. The van der Waals surface area contributed by atoms with Gasteiger partial charge in [0.1, 0.15) is 6.07 Å². The van der Waals surface area contributed by atoms with Gasteiger partial charge in [-0.05, 0) is 18.2 Å². The average molecular weight is 311 g/mol. The predicted octanol–water partition coefficient (Wildman–Crippen LogP) is 2.57. The Bertz CT molecular complexity index is 482. The first-order chi connectivity index (χ1) is 8.49. The number of halogens is 1. The zero-order valence-electron chi connectivity index (χ0n) is 10.6. The maximum Gasteiger partial charge on any atom is 0.310 e. The van der Waals surface area contributed by atoms with Gasteiger partial charge in [-0.2, -0.15) is 5.26 Å². The first kappa shape index (κ1) is 14.5. The molecule has 1 aromatic carbocycles. The SMILES string of the molecule is COC(=O)C(C)CN(C)c1ccc(Br)cc1C#N. The molecule has 1 aromatic rings. The van der Waals surface area contributed by atoms with Crippen LogP contribution >= 0.6 is 15.9 Å². The minimum Gasteiger partial charge on any atom is -0.469 e. The van der Waals surface area contributed by atoms with Gasteiger partial charge in [0.25, 0.3) is 0 Å². The summed E-state index contributed by atoms with van der Waals surface area (Å²) in [4.78, 5) is 13.2. The van der Waals surface area contributed by atoms with Crippen LogP contribution in [0.15, 0.2) is 22.7 Å². The van der Waals surface area contributed by atoms with E-state index < -0.39 is 0 Å². The molecule has 1 rings (SSSR count). The maximum atomic E-state index is 11.4. The molecule has 0 aliphatic carbocycles. The number of esters is 1. The number of hydrogen-bond donors (Lipinski definition) is 0. The van der Waals surface area contributed by atoms with Gasteiger partial charge in [-0.25, -0.2) is 0 Å². The van der Waals surface area contributed by atoms with Crippen molar-refractivity contribution >= 4 is 27.6 Å². The summed E-state index contributed by atoms with van der Waals surface area (Å²) in [6.45, 7) is 2.30. The minimum atomic E-state index is -0.252. The molecule has 0 aliphatic heterocycles. The third kappa shape index (κ3) is 3.47. The fourth-order valence-corrected chi connectivity index (χ4v) is 2.08. The van der Waals surface area contributed by atoms with Crippen LogP contribution in [-0.4, -0.2) is 26.7 Å². The molecule has 0 amide bonds. The van der Waals surface area contributed by atoms with Crippen molar-refractivity contribution in [3.8, 4) is 6.07 Å². The summed E-state index contributed by atoms with van der Waals surface area (Å²) in [5.74, 6) is -0.493. The largest absolute Gasteiger partial charge is 0.469 e. The monoisotopic (exact) mass is 310 g/mol. The Labute approximate surface area is 115 Å². The van der Waals surface area contributed by atoms with Crippen LogP contribution in [0.2, 0.25) is 0 Å². The van der Waals surface area contributed by atoms with E-state index in [1.54, 1.807) is 13.0 Å². The van der Waals surface area contributed by atoms with Gasteiger partial charge >= 0.3 is 5.97 Å². The Morgan fingerprint density at radius 3 is 2.83 bits per heavy atom. The molecule has 96 valence electrons. The quantitative estimate of drug-likeness (QED) is 0.802. The van der Waals surface area contributed by atoms with Crippen LogP contribution in [0.1, 0.15) is 12.5 Å². The molecule has 0 heterocycles. The van der Waals surface area contributed by atoms with Crippen molar-refractivity contribution in [1.82, 2.24) is 0 Å². The van der Waals surface area contributed by atoms with Gasteiger partial charge in [-0.15, -0.1) is 0 Å². The number of methoxy groups -OCH3 is 1. The number of ether oxygens (including phenoxy) is 1. The molecule has 1 unspecified atom stereocenters. The molecule has 18 heavy (non-hydrogen) atoms. The Morgan fingerprint density at radius 2 is 2.28 bits per heavy atom. The molecule has 0 aliphatic rings. The lowest BCUT2D eigenvalue weighted by atomic mass is 10.1. The van der Waals surface area contributed by atoms with Gasteiger partial charge in [0, 0.05) is 18.1 Å². The Kier molecular flexibility index (Phi) is 5.17. The highest BCUT2D eigenvalue weighted by molar-refractivity contribution is 9.10. The molecule has 4 nitrogen and oxygen atoms in total. The van der Waals surface area contributed by atoms with E-state index in [2.05, 4.69) is 26.7 Å². The number of rotatable bonds is 4. The fraction of sp³-hybridized carbons (Fsp3) is 0.385. The van der Waals surface area contributed by atoms with Crippen LogP contribution in [0.3, 0.4) is 0 Å². The van der Waals surface area contributed by atoms with Crippen molar-refractivity contribution in [2.45, 2.75) is 6.92 Å². The summed E-state index contributed by atoms with van der Waals surface area (Å²) in [6, 6.07) is 7.63. The first-order valence-electron chi connectivity index (χ1n) is 5.48. The first-order valence-corrected chi connectivity index (χ1v) is 6.27. The average Bonchev–Trinajstić information content (AvgIpc) is 2.37. The number of nitriles is 1. The second kappa shape index (κ2) is 6.41. The third-order valence-corrected chi connectivity index (χ3v) is 3.13. The van der Waals surface area contributed by atoms with Crippen LogP contribution in [0.25, 0.3) is 0 Å². The van der Waals surface area contributed by atoms with Gasteiger partial charge < -0.3 is 9.64 Å². The molecule has 0 saturated heterocycles. The van der Waals surface area contributed by atoms with Crippen molar-refractivity contribution in [3.63, 3.8) is 0 Å². The van der Waals surface area contributed by atoms with Crippen molar-refractivity contribution in [2.24, 2.45) is 5.92 Å². The van der Waals surface area contributed by atoms with Crippen molar-refractivity contribution in [3.05, 3.63) is 28.2 Å². The molecule has 1 atom stereocenters. The van der Waals surface area contributed by atoms with E-state index in [1.807, 2.05) is 24.1 Å². The van der Waals surface area contributed by atoms with Crippen LogP contribution < -0.4 is 4.90 Å². The smallest absolute Gasteiger partial charge is 0.310 e. The molecule has 0 spiro atoms. The van der Waals surface area contributed by atoms with Gasteiger partial charge in [0.2, 0.25) is 0 Å². The number of hydrogen-bond acceptors (Lipinski definition) is 4. The number of benzene rings is 1. The lowest BCUT2D eigenvalue weighted by Gasteiger charge is -2.23. The lowest BCUT2D eigenvalue weighted by Crippen LogP contribution is -2.29. The van der Waals surface area contributed by atoms with Crippen LogP contribution in [0.5, 0.6) is 0 Å². The summed E-state index contributed by atoms with van der Waals surface area (Å²) in [5.41, 5.74) is 1.38. The molecular formula is C13H15BrN2O2. The molecule has 0 saturated carbocycles. The summed E-state index contributed by atoms with van der Waals surface area (Å²) in [7, 11) is 3.22. The molecule has 5 heteroatoms. The van der Waals surface area contributed by atoms with E-state index in [0.29, 0.717) is 12.1 Å². The standard InChI is InChI=1S/C13H15BrN2O2/c1-9(13(17)18-3)8-16(2)12-5-4-11(14)6-10(12)7-15/h4-6,9H,8H2,1-3H3. The van der Waals surface area contributed by atoms with Crippen molar-refractivity contribution in [1.29, 1.82) is 5.26 Å². The minimum absolute atomic E-state index is 0.241. The summed E-state index contributed by atoms with van der Waals surface area (Å²) in [6.07, 6.45) is 0. The van der Waals surface area contributed by atoms with Crippen LogP contribution in [-0.2, 0) is 9.53 Å². The highest BCUT2D eigenvalue weighted by atomic mass is 79.9. The zero-order valence-corrected chi connectivity index (χ0v) is 12.2. The zero-order chi connectivity index (χ0) is 13.7. The van der Waals surface area contributed by atoms with Crippen molar-refractivity contribution < 1.29 is 9.53 Å². The maximum absolute atomic E-state index is 11.4. The second-order valence-corrected chi connectivity index (χ2v) is 4.99. The van der Waals surface area contributed by atoms with E-state index in [4.69, 9.17) is 5.26 Å². The summed E-state index contributed by atoms with van der Waals surface area (Å²) >= 11 is 3.33. The van der Waals surface area contributed by atoms with Gasteiger partial charge in [0.15, 0.2) is 0 Å². The second-order valence-electron chi connectivity index (χ2n) is 4.08. The van der Waals surface area contributed by atoms with Gasteiger partial charge in [-0.3, -0.25) is 4.79 Å². The molecular weight excluding hydrogens is 296 g/mol. The highest BCUT2D eigenvalue weighted by Gasteiger charge is 2.17. The number of carbonyl (C=O) groups is 1. The third-order valence-electron chi connectivity index (χ3n) is 2.64. The van der Waals surface area contributed by atoms with Crippen LogP contribution in [0, 0.1) is 17.2 Å². The molecule has 0 bridgehead atoms. The van der Waals surface area contributed by atoms with E-state index >= 15 is 0 Å². The normalized spacial score (nSPS) is 11.5. The topological polar surface area (TPSA) is 53.3 Å². The predicted molar refractivity (Wildman–Crippen MR) is 73.3 cm³/mol. The Morgan fingerprint density at radius 1 is 1.61 bits per heavy atom. The lowest BCUT2D eigenvalue weighted by molar-refractivity contribution is -0.144. The van der Waals surface area contributed by atoms with E-state index in [1.165, 1.54) is 7.11 Å². The Hall–Kier alpha value is -1.54. The fourth-order valence-electron chi connectivity index (χ4n) is 1.72. The van der Waals surface area contributed by atoms with Gasteiger partial charge in [0.05, 0.1) is 24.3 Å². The van der Waals surface area contributed by atoms with Crippen molar-refractivity contribution in [2.75, 3.05) is 25.6 Å². The molecule has 0 aromatic heterocycles. The molecule has 0 fully saturated rings. The molecule has 0 radical (unpaired) electrons. The van der Waals surface area contributed by atoms with E-state index in [0.717, 1.165) is 10.2 Å². The number of nitrogens with zero attached hydrogens (tertiary/aromatic N) is 2. The van der Waals surface area contributed by atoms with Gasteiger partial charge in [-0.1, -0.05) is 22.9 Å². The Balaban J connectivity index is 2.88. The van der Waals surface area contributed by atoms with E-state index in [9.17, 15) is 4.79 Å². The number of carbonyl (C=O) groups excluding carboxylic acids is 1. The van der Waals surface area contributed by atoms with E-state index in [-0.39, 0.29) is 11.9 Å². The highest BCUT2D eigenvalue weighted by Crippen LogP contribution is 2.23. The van der Waals surface area contributed by atoms with Crippen LogP contribution in [0.4, 0.5) is 5.69 Å². The summed E-state index contributed by atoms with van der Waals surface area (Å²) < 4.78 is 5.54. The molecule has 0 N–H and O–H groups in total. The number of anilines is 1.